The molecule has 0 amide bonds. The van der Waals surface area contributed by atoms with Gasteiger partial charge >= 0.3 is 0 Å². The van der Waals surface area contributed by atoms with E-state index in [9.17, 15) is 0 Å². The fourth-order valence-electron chi connectivity index (χ4n) is 2.48. The van der Waals surface area contributed by atoms with E-state index in [1.165, 1.54) is 0 Å². The molecular weight excluding hydrogens is 212 g/mol. The van der Waals surface area contributed by atoms with Crippen LogP contribution in [0, 0.1) is 0 Å². The molecule has 0 aliphatic heterocycles. The lowest BCUT2D eigenvalue weighted by molar-refractivity contribution is 0.183. The second-order valence-corrected chi connectivity index (χ2v) is 4.90. The zero-order valence-corrected chi connectivity index (χ0v) is 11.5. The number of hydrogen-bond donors (Lipinski definition) is 1. The van der Waals surface area contributed by atoms with Crippen LogP contribution in [0.1, 0.15) is 25.8 Å². The molecule has 0 saturated carbocycles. The van der Waals surface area contributed by atoms with Crippen LogP contribution in [-0.4, -0.2) is 32.1 Å². The minimum Gasteiger partial charge on any atom is -0.497 e. The van der Waals surface area contributed by atoms with E-state index in [0.717, 1.165) is 17.7 Å². The molecular formula is C14H24N2O. The highest BCUT2D eigenvalue weighted by atomic mass is 16.5. The van der Waals surface area contributed by atoms with Crippen LogP contribution in [0.2, 0.25) is 0 Å². The summed E-state index contributed by atoms with van der Waals surface area (Å²) in [6.45, 7) is 4.24. The van der Waals surface area contributed by atoms with Gasteiger partial charge in [0.05, 0.1) is 12.6 Å². The van der Waals surface area contributed by atoms with Crippen LogP contribution in [0.3, 0.4) is 0 Å². The SMILES string of the molecule is CCC(N(C)C)C(C)(N)c1cccc(OC)c1. The number of methoxy groups -OCH3 is 1. The van der Waals surface area contributed by atoms with Crippen molar-refractivity contribution >= 4 is 0 Å². The molecule has 0 aliphatic carbocycles. The third-order valence-electron chi connectivity index (χ3n) is 3.39. The molecule has 0 spiro atoms. The maximum Gasteiger partial charge on any atom is 0.119 e. The van der Waals surface area contributed by atoms with Gasteiger partial charge in [0.1, 0.15) is 5.75 Å². The summed E-state index contributed by atoms with van der Waals surface area (Å²) in [6, 6.07) is 8.31. The Morgan fingerprint density at radius 3 is 2.53 bits per heavy atom. The van der Waals surface area contributed by atoms with E-state index >= 15 is 0 Å². The number of likely N-dealkylation sites (N-methyl/N-ethyl adjacent to an activating group) is 1. The lowest BCUT2D eigenvalue weighted by Crippen LogP contribution is -2.51. The van der Waals surface area contributed by atoms with Gasteiger partial charge in [0.15, 0.2) is 0 Å². The Morgan fingerprint density at radius 1 is 1.41 bits per heavy atom. The Hall–Kier alpha value is -1.06. The predicted molar refractivity (Wildman–Crippen MR) is 72.3 cm³/mol. The van der Waals surface area contributed by atoms with Crippen LogP contribution < -0.4 is 10.5 Å². The lowest BCUT2D eigenvalue weighted by Gasteiger charge is -2.38. The zero-order chi connectivity index (χ0) is 13.1. The van der Waals surface area contributed by atoms with Crippen molar-refractivity contribution < 1.29 is 4.74 Å². The minimum absolute atomic E-state index is 0.301. The second-order valence-electron chi connectivity index (χ2n) is 4.90. The van der Waals surface area contributed by atoms with Gasteiger partial charge in [-0.2, -0.15) is 0 Å². The molecule has 0 radical (unpaired) electrons. The van der Waals surface area contributed by atoms with Crippen LogP contribution in [0.25, 0.3) is 0 Å². The van der Waals surface area contributed by atoms with Gasteiger partial charge in [-0.3, -0.25) is 0 Å². The third-order valence-corrected chi connectivity index (χ3v) is 3.39. The van der Waals surface area contributed by atoms with E-state index in [-0.39, 0.29) is 5.54 Å². The van der Waals surface area contributed by atoms with Crippen molar-refractivity contribution in [1.82, 2.24) is 4.90 Å². The van der Waals surface area contributed by atoms with Gasteiger partial charge in [-0.15, -0.1) is 0 Å². The molecule has 3 heteroatoms. The van der Waals surface area contributed by atoms with Gasteiger partial charge in [0, 0.05) is 6.04 Å². The van der Waals surface area contributed by atoms with Gasteiger partial charge in [-0.25, -0.2) is 0 Å². The number of nitrogens with zero attached hydrogens (tertiary/aromatic N) is 1. The summed E-state index contributed by atoms with van der Waals surface area (Å²) in [7, 11) is 5.81. The van der Waals surface area contributed by atoms with Gasteiger partial charge in [-0.05, 0) is 45.1 Å². The van der Waals surface area contributed by atoms with E-state index in [2.05, 4.69) is 38.9 Å². The molecule has 0 aliphatic rings. The molecule has 0 aromatic heterocycles. The Bertz CT molecular complexity index is 361. The summed E-state index contributed by atoms with van der Waals surface area (Å²) in [4.78, 5) is 2.18. The van der Waals surface area contributed by atoms with Crippen LogP contribution in [-0.2, 0) is 5.54 Å². The number of ether oxygens (including phenoxy) is 1. The summed E-state index contributed by atoms with van der Waals surface area (Å²) < 4.78 is 5.25. The average Bonchev–Trinajstić information content (AvgIpc) is 2.29. The van der Waals surface area contributed by atoms with E-state index in [4.69, 9.17) is 10.5 Å². The first-order valence-electron chi connectivity index (χ1n) is 6.03. The zero-order valence-electron chi connectivity index (χ0n) is 11.5. The Morgan fingerprint density at radius 2 is 2.06 bits per heavy atom. The number of benzene rings is 1. The molecule has 1 aromatic carbocycles. The third kappa shape index (κ3) is 2.99. The number of nitrogens with two attached hydrogens (primary N) is 1. The minimum atomic E-state index is -0.382. The standard InChI is InChI=1S/C14H24N2O/c1-6-13(16(3)4)14(2,15)11-8-7-9-12(10-11)17-5/h7-10,13H,6,15H2,1-5H3. The van der Waals surface area contributed by atoms with Crippen molar-refractivity contribution in [2.75, 3.05) is 21.2 Å². The molecule has 17 heavy (non-hydrogen) atoms. The monoisotopic (exact) mass is 236 g/mol. The molecule has 2 N–H and O–H groups in total. The first-order chi connectivity index (χ1) is 7.93. The van der Waals surface area contributed by atoms with E-state index in [1.807, 2.05) is 18.2 Å². The topological polar surface area (TPSA) is 38.5 Å². The molecule has 0 fully saturated rings. The lowest BCUT2D eigenvalue weighted by atomic mass is 9.83. The Kier molecular flexibility index (Phi) is 4.54. The van der Waals surface area contributed by atoms with E-state index in [0.29, 0.717) is 6.04 Å². The largest absolute Gasteiger partial charge is 0.497 e. The van der Waals surface area contributed by atoms with Crippen molar-refractivity contribution in [2.45, 2.75) is 31.8 Å². The molecule has 2 unspecified atom stereocenters. The smallest absolute Gasteiger partial charge is 0.119 e. The van der Waals surface area contributed by atoms with E-state index in [1.54, 1.807) is 7.11 Å². The predicted octanol–water partition coefficient (Wildman–Crippen LogP) is 2.21. The summed E-state index contributed by atoms with van der Waals surface area (Å²) >= 11 is 0. The molecule has 3 nitrogen and oxygen atoms in total. The van der Waals surface area contributed by atoms with Crippen molar-refractivity contribution in [3.05, 3.63) is 29.8 Å². The summed E-state index contributed by atoms with van der Waals surface area (Å²) in [5.74, 6) is 0.854. The summed E-state index contributed by atoms with van der Waals surface area (Å²) in [6.07, 6.45) is 1.01. The quantitative estimate of drug-likeness (QED) is 0.852. The molecule has 0 saturated heterocycles. The maximum absolute atomic E-state index is 6.52. The fraction of sp³-hybridized carbons (Fsp3) is 0.571. The second kappa shape index (κ2) is 5.52. The van der Waals surface area contributed by atoms with Crippen LogP contribution >= 0.6 is 0 Å². The average molecular weight is 236 g/mol. The van der Waals surface area contributed by atoms with Crippen molar-refractivity contribution in [3.63, 3.8) is 0 Å². The highest BCUT2D eigenvalue weighted by molar-refractivity contribution is 5.34. The van der Waals surface area contributed by atoms with Crippen molar-refractivity contribution in [1.29, 1.82) is 0 Å². The molecule has 2 atom stereocenters. The highest BCUT2D eigenvalue weighted by Gasteiger charge is 2.32. The van der Waals surface area contributed by atoms with Gasteiger partial charge in [0.2, 0.25) is 0 Å². The Labute approximate surface area is 105 Å². The summed E-state index contributed by atoms with van der Waals surface area (Å²) in [5, 5.41) is 0. The first-order valence-corrected chi connectivity index (χ1v) is 6.03. The van der Waals surface area contributed by atoms with Gasteiger partial charge < -0.3 is 15.4 Å². The molecule has 1 rings (SSSR count). The highest BCUT2D eigenvalue weighted by Crippen LogP contribution is 2.28. The van der Waals surface area contributed by atoms with Crippen molar-refractivity contribution in [3.8, 4) is 5.75 Å². The molecule has 1 aromatic rings. The molecule has 0 heterocycles. The van der Waals surface area contributed by atoms with Crippen LogP contribution in [0.5, 0.6) is 5.75 Å². The number of rotatable bonds is 5. The van der Waals surface area contributed by atoms with Crippen LogP contribution in [0.4, 0.5) is 0 Å². The normalized spacial score (nSPS) is 16.6. The van der Waals surface area contributed by atoms with Gasteiger partial charge in [0.25, 0.3) is 0 Å². The van der Waals surface area contributed by atoms with Crippen molar-refractivity contribution in [2.24, 2.45) is 5.73 Å². The van der Waals surface area contributed by atoms with Crippen LogP contribution in [0.15, 0.2) is 24.3 Å². The van der Waals surface area contributed by atoms with E-state index < -0.39 is 0 Å². The molecule has 0 bridgehead atoms. The number of hydrogen-bond acceptors (Lipinski definition) is 3. The summed E-state index contributed by atoms with van der Waals surface area (Å²) in [5.41, 5.74) is 7.25. The Balaban J connectivity index is 3.09. The fourth-order valence-corrected chi connectivity index (χ4v) is 2.48. The maximum atomic E-state index is 6.52. The van der Waals surface area contributed by atoms with Gasteiger partial charge in [-0.1, -0.05) is 19.1 Å². The molecule has 96 valence electrons. The first kappa shape index (κ1) is 14.0.